The molecule has 1 N–H and O–H groups in total. The smallest absolute Gasteiger partial charge is 0.141 e. The van der Waals surface area contributed by atoms with Gasteiger partial charge in [-0.25, -0.2) is 9.67 Å². The van der Waals surface area contributed by atoms with Crippen molar-refractivity contribution >= 4 is 0 Å². The maximum absolute atomic E-state index is 4.25. The van der Waals surface area contributed by atoms with Gasteiger partial charge in [-0.2, -0.15) is 5.10 Å². The third-order valence-corrected chi connectivity index (χ3v) is 2.50. The van der Waals surface area contributed by atoms with Crippen LogP contribution in [-0.4, -0.2) is 19.7 Å². The van der Waals surface area contributed by atoms with E-state index in [-0.39, 0.29) is 0 Å². The highest BCUT2D eigenvalue weighted by Gasteiger charge is 2.06. The van der Waals surface area contributed by atoms with Gasteiger partial charge in [-0.3, -0.25) is 4.98 Å². The van der Waals surface area contributed by atoms with Crippen LogP contribution in [-0.2, 0) is 13.1 Å². The summed E-state index contributed by atoms with van der Waals surface area (Å²) in [6.45, 7) is 5.73. The number of nitrogens with zero attached hydrogens (tertiary/aromatic N) is 4. The number of rotatable bonds is 5. The minimum absolute atomic E-state index is 0.343. The summed E-state index contributed by atoms with van der Waals surface area (Å²) in [7, 11) is 0. The summed E-state index contributed by atoms with van der Waals surface area (Å²) in [6, 6.07) is 4.34. The van der Waals surface area contributed by atoms with Crippen LogP contribution in [0.25, 0.3) is 0 Å². The zero-order valence-electron chi connectivity index (χ0n) is 10.2. The van der Waals surface area contributed by atoms with E-state index in [0.717, 1.165) is 18.9 Å². The Morgan fingerprint density at radius 3 is 2.71 bits per heavy atom. The average molecular weight is 231 g/mol. The molecule has 0 aliphatic carbocycles. The molecule has 0 spiro atoms. The SMILES string of the molecule is CC(C)n1ncnc1CNCc1ccncc1. The molecule has 0 bridgehead atoms. The molecule has 0 amide bonds. The molecule has 2 aromatic heterocycles. The predicted octanol–water partition coefficient (Wildman–Crippen LogP) is 1.54. The lowest BCUT2D eigenvalue weighted by molar-refractivity contribution is 0.490. The van der Waals surface area contributed by atoms with Crippen molar-refractivity contribution in [1.82, 2.24) is 25.1 Å². The summed E-state index contributed by atoms with van der Waals surface area (Å²) in [6.07, 6.45) is 5.20. The maximum atomic E-state index is 4.25. The normalized spacial score (nSPS) is 11.0. The van der Waals surface area contributed by atoms with Gasteiger partial charge in [0.05, 0.1) is 6.54 Å². The van der Waals surface area contributed by atoms with Gasteiger partial charge >= 0.3 is 0 Å². The summed E-state index contributed by atoms with van der Waals surface area (Å²) in [5.74, 6) is 0.967. The minimum atomic E-state index is 0.343. The van der Waals surface area contributed by atoms with E-state index in [4.69, 9.17) is 0 Å². The van der Waals surface area contributed by atoms with Gasteiger partial charge < -0.3 is 5.32 Å². The molecule has 2 aromatic rings. The quantitative estimate of drug-likeness (QED) is 0.848. The number of hydrogen-bond acceptors (Lipinski definition) is 4. The van der Waals surface area contributed by atoms with Crippen LogP contribution in [0.5, 0.6) is 0 Å². The minimum Gasteiger partial charge on any atom is -0.306 e. The first-order chi connectivity index (χ1) is 8.27. The van der Waals surface area contributed by atoms with Crippen molar-refractivity contribution in [1.29, 1.82) is 0 Å². The van der Waals surface area contributed by atoms with Gasteiger partial charge in [0.25, 0.3) is 0 Å². The Bertz CT molecular complexity index is 449. The molecule has 2 rings (SSSR count). The van der Waals surface area contributed by atoms with Crippen LogP contribution in [0.15, 0.2) is 30.9 Å². The third kappa shape index (κ3) is 3.10. The Morgan fingerprint density at radius 1 is 1.24 bits per heavy atom. The molecule has 0 fully saturated rings. The lowest BCUT2D eigenvalue weighted by Gasteiger charge is -2.09. The second-order valence-corrected chi connectivity index (χ2v) is 4.17. The molecule has 5 heteroatoms. The van der Waals surface area contributed by atoms with E-state index < -0.39 is 0 Å². The Hall–Kier alpha value is -1.75. The van der Waals surface area contributed by atoms with Gasteiger partial charge in [0.2, 0.25) is 0 Å². The molecule has 0 aromatic carbocycles. The Kier molecular flexibility index (Phi) is 3.82. The second-order valence-electron chi connectivity index (χ2n) is 4.17. The van der Waals surface area contributed by atoms with E-state index in [1.807, 2.05) is 16.8 Å². The monoisotopic (exact) mass is 231 g/mol. The van der Waals surface area contributed by atoms with Gasteiger partial charge in [0.1, 0.15) is 12.2 Å². The molecule has 0 atom stereocenters. The third-order valence-electron chi connectivity index (χ3n) is 2.50. The predicted molar refractivity (Wildman–Crippen MR) is 65.2 cm³/mol. The Balaban J connectivity index is 1.88. The fraction of sp³-hybridized carbons (Fsp3) is 0.417. The molecular weight excluding hydrogens is 214 g/mol. The van der Waals surface area contributed by atoms with Gasteiger partial charge in [0, 0.05) is 25.0 Å². The number of nitrogens with one attached hydrogen (secondary N) is 1. The molecule has 90 valence electrons. The van der Waals surface area contributed by atoms with Crippen molar-refractivity contribution < 1.29 is 0 Å². The van der Waals surface area contributed by atoms with Crippen molar-refractivity contribution in [2.45, 2.75) is 33.0 Å². The van der Waals surface area contributed by atoms with E-state index in [9.17, 15) is 0 Å². The summed E-state index contributed by atoms with van der Waals surface area (Å²) in [5, 5.41) is 7.55. The molecule has 2 heterocycles. The maximum Gasteiger partial charge on any atom is 0.141 e. The first-order valence-corrected chi connectivity index (χ1v) is 5.75. The Labute approximate surface area is 101 Å². The molecular formula is C12H17N5. The lowest BCUT2D eigenvalue weighted by Crippen LogP contribution is -2.18. The van der Waals surface area contributed by atoms with Crippen LogP contribution < -0.4 is 5.32 Å². The summed E-state index contributed by atoms with van der Waals surface area (Å²) < 4.78 is 1.93. The van der Waals surface area contributed by atoms with Gasteiger partial charge in [-0.05, 0) is 31.5 Å². The zero-order valence-corrected chi connectivity index (χ0v) is 10.2. The first kappa shape index (κ1) is 11.7. The van der Waals surface area contributed by atoms with Gasteiger partial charge in [-0.15, -0.1) is 0 Å². The zero-order chi connectivity index (χ0) is 12.1. The fourth-order valence-electron chi connectivity index (χ4n) is 1.65. The molecule has 0 unspecified atom stereocenters. The highest BCUT2D eigenvalue weighted by atomic mass is 15.3. The topological polar surface area (TPSA) is 55.6 Å². The van der Waals surface area contributed by atoms with Crippen molar-refractivity contribution in [2.75, 3.05) is 0 Å². The molecule has 17 heavy (non-hydrogen) atoms. The molecule has 0 saturated carbocycles. The summed E-state index contributed by atoms with van der Waals surface area (Å²) in [4.78, 5) is 8.23. The van der Waals surface area contributed by atoms with E-state index in [1.54, 1.807) is 18.7 Å². The standard InChI is InChI=1S/C12H17N5/c1-10(2)17-12(15-9-16-17)8-14-7-11-3-5-13-6-4-11/h3-6,9-10,14H,7-8H2,1-2H3. The molecule has 0 radical (unpaired) electrons. The summed E-state index contributed by atoms with van der Waals surface area (Å²) in [5.41, 5.74) is 1.22. The van der Waals surface area contributed by atoms with Crippen LogP contribution >= 0.6 is 0 Å². The van der Waals surface area contributed by atoms with E-state index in [2.05, 4.69) is 34.2 Å². The fourth-order valence-corrected chi connectivity index (χ4v) is 1.65. The van der Waals surface area contributed by atoms with E-state index in [1.165, 1.54) is 5.56 Å². The lowest BCUT2D eigenvalue weighted by atomic mass is 10.3. The van der Waals surface area contributed by atoms with Crippen LogP contribution in [0.4, 0.5) is 0 Å². The molecule has 0 aliphatic rings. The van der Waals surface area contributed by atoms with Gasteiger partial charge in [0.15, 0.2) is 0 Å². The largest absolute Gasteiger partial charge is 0.306 e. The molecule has 0 aliphatic heterocycles. The van der Waals surface area contributed by atoms with Crippen LogP contribution in [0.3, 0.4) is 0 Å². The molecule has 0 saturated heterocycles. The van der Waals surface area contributed by atoms with Crippen molar-refractivity contribution in [3.05, 3.63) is 42.2 Å². The first-order valence-electron chi connectivity index (χ1n) is 5.75. The van der Waals surface area contributed by atoms with E-state index >= 15 is 0 Å². The van der Waals surface area contributed by atoms with Crippen molar-refractivity contribution in [3.8, 4) is 0 Å². The van der Waals surface area contributed by atoms with Crippen molar-refractivity contribution in [3.63, 3.8) is 0 Å². The highest BCUT2D eigenvalue weighted by molar-refractivity contribution is 5.09. The van der Waals surface area contributed by atoms with Crippen LogP contribution in [0.1, 0.15) is 31.3 Å². The summed E-state index contributed by atoms with van der Waals surface area (Å²) >= 11 is 0. The van der Waals surface area contributed by atoms with Crippen molar-refractivity contribution in [2.24, 2.45) is 0 Å². The number of pyridine rings is 1. The number of hydrogen-bond donors (Lipinski definition) is 1. The highest BCUT2D eigenvalue weighted by Crippen LogP contribution is 2.05. The average Bonchev–Trinajstić information content (AvgIpc) is 2.79. The number of aromatic nitrogens is 4. The molecule has 5 nitrogen and oxygen atoms in total. The second kappa shape index (κ2) is 5.54. The van der Waals surface area contributed by atoms with Crippen LogP contribution in [0.2, 0.25) is 0 Å². The van der Waals surface area contributed by atoms with Gasteiger partial charge in [-0.1, -0.05) is 0 Å². The van der Waals surface area contributed by atoms with Crippen LogP contribution in [0, 0.1) is 0 Å². The Morgan fingerprint density at radius 2 is 2.00 bits per heavy atom. The van der Waals surface area contributed by atoms with E-state index in [0.29, 0.717) is 6.04 Å².